The summed E-state index contributed by atoms with van der Waals surface area (Å²) in [5.41, 5.74) is 0.434. The quantitative estimate of drug-likeness (QED) is 0.375. The number of carbonyl (C=O) groups excluding carboxylic acids is 4. The van der Waals surface area contributed by atoms with E-state index < -0.39 is 30.3 Å². The lowest BCUT2D eigenvalue weighted by Gasteiger charge is -2.19. The highest BCUT2D eigenvalue weighted by molar-refractivity contribution is 6.55. The lowest BCUT2D eigenvalue weighted by molar-refractivity contribution is -0.127. The van der Waals surface area contributed by atoms with Crippen molar-refractivity contribution in [3.8, 4) is 0 Å². The predicted octanol–water partition coefficient (Wildman–Crippen LogP) is 4.21. The molecule has 1 unspecified atom stereocenters. The van der Waals surface area contributed by atoms with Gasteiger partial charge in [-0.2, -0.15) is 0 Å². The van der Waals surface area contributed by atoms with Gasteiger partial charge in [0.1, 0.15) is 6.54 Å². The first-order valence-electron chi connectivity index (χ1n) is 8.69. The molecule has 0 fully saturated rings. The summed E-state index contributed by atoms with van der Waals surface area (Å²) >= 11 is 24.1. The third-order valence-corrected chi connectivity index (χ3v) is 6.40. The molecule has 0 spiro atoms. The van der Waals surface area contributed by atoms with E-state index in [-0.39, 0.29) is 43.4 Å². The van der Waals surface area contributed by atoms with Crippen LogP contribution in [-0.2, 0) is 16.0 Å². The molecule has 0 saturated carbocycles. The van der Waals surface area contributed by atoms with Crippen molar-refractivity contribution in [2.45, 2.75) is 19.4 Å². The highest BCUT2D eigenvalue weighted by atomic mass is 35.5. The maximum absolute atomic E-state index is 12.7. The van der Waals surface area contributed by atoms with Gasteiger partial charge in [0.15, 0.2) is 5.78 Å². The number of hydrogen-bond acceptors (Lipinski definition) is 4. The van der Waals surface area contributed by atoms with E-state index in [0.29, 0.717) is 4.90 Å². The van der Waals surface area contributed by atoms with Crippen LogP contribution in [0, 0.1) is 0 Å². The standard InChI is InChI=1S/C20H14Cl4N2O4/c1-9(27)11(7-10-5-3-2-4-6-10)25-12(28)8-26-19(29)13-14(20(26)30)16(22)18(24)17(23)15(13)21/h2-6,11H,7-8H2,1H3,(H,25,28). The number of halogens is 4. The van der Waals surface area contributed by atoms with E-state index in [0.717, 1.165) is 5.56 Å². The Morgan fingerprint density at radius 2 is 1.40 bits per heavy atom. The molecule has 3 amide bonds. The van der Waals surface area contributed by atoms with E-state index in [9.17, 15) is 19.2 Å². The van der Waals surface area contributed by atoms with E-state index in [4.69, 9.17) is 46.4 Å². The smallest absolute Gasteiger partial charge is 0.263 e. The highest BCUT2D eigenvalue weighted by Crippen LogP contribution is 2.44. The van der Waals surface area contributed by atoms with Crippen molar-refractivity contribution in [2.75, 3.05) is 6.54 Å². The molecule has 1 N–H and O–H groups in total. The van der Waals surface area contributed by atoms with Crippen LogP contribution in [0.2, 0.25) is 20.1 Å². The van der Waals surface area contributed by atoms with Crippen LogP contribution in [0.25, 0.3) is 0 Å². The van der Waals surface area contributed by atoms with Gasteiger partial charge >= 0.3 is 0 Å². The van der Waals surface area contributed by atoms with Gasteiger partial charge in [-0.1, -0.05) is 76.7 Å². The molecule has 1 aliphatic heterocycles. The normalized spacial score (nSPS) is 14.0. The van der Waals surface area contributed by atoms with Crippen LogP contribution in [-0.4, -0.2) is 41.0 Å². The van der Waals surface area contributed by atoms with E-state index >= 15 is 0 Å². The van der Waals surface area contributed by atoms with Crippen LogP contribution in [0.15, 0.2) is 30.3 Å². The van der Waals surface area contributed by atoms with E-state index in [1.54, 1.807) is 0 Å². The van der Waals surface area contributed by atoms with Crippen LogP contribution in [0.5, 0.6) is 0 Å². The molecule has 0 bridgehead atoms. The number of imide groups is 1. The van der Waals surface area contributed by atoms with Crippen molar-refractivity contribution in [2.24, 2.45) is 0 Å². The molecule has 0 aliphatic carbocycles. The zero-order chi connectivity index (χ0) is 22.2. The van der Waals surface area contributed by atoms with Crippen LogP contribution in [0.3, 0.4) is 0 Å². The van der Waals surface area contributed by atoms with E-state index in [2.05, 4.69) is 5.32 Å². The molecule has 2 aromatic carbocycles. The minimum absolute atomic E-state index is 0.158. The number of nitrogens with one attached hydrogen (secondary N) is 1. The molecular weight excluding hydrogens is 474 g/mol. The van der Waals surface area contributed by atoms with Gasteiger partial charge in [-0.15, -0.1) is 0 Å². The molecule has 0 saturated heterocycles. The first kappa shape index (κ1) is 22.6. The monoisotopic (exact) mass is 486 g/mol. The summed E-state index contributed by atoms with van der Waals surface area (Å²) in [6.07, 6.45) is 0.271. The van der Waals surface area contributed by atoms with Gasteiger partial charge in [0.2, 0.25) is 5.91 Å². The summed E-state index contributed by atoms with van der Waals surface area (Å²) in [4.78, 5) is 50.6. The summed E-state index contributed by atoms with van der Waals surface area (Å²) < 4.78 is 0. The molecule has 156 valence electrons. The third kappa shape index (κ3) is 4.18. The number of ketones is 1. The second kappa shape index (κ2) is 8.94. The molecule has 30 heavy (non-hydrogen) atoms. The molecule has 10 heteroatoms. The fourth-order valence-corrected chi connectivity index (χ4v) is 4.08. The lowest BCUT2D eigenvalue weighted by Crippen LogP contribution is -2.47. The van der Waals surface area contributed by atoms with E-state index in [1.807, 2.05) is 30.3 Å². The molecule has 3 rings (SSSR count). The van der Waals surface area contributed by atoms with Crippen LogP contribution in [0.4, 0.5) is 0 Å². The molecule has 2 aromatic rings. The molecule has 0 radical (unpaired) electrons. The van der Waals surface area contributed by atoms with Gasteiger partial charge in [-0.05, 0) is 18.9 Å². The number of hydrogen-bond donors (Lipinski definition) is 1. The molecular formula is C20H14Cl4N2O4. The van der Waals surface area contributed by atoms with Crippen LogP contribution in [0.1, 0.15) is 33.2 Å². The Labute approximate surface area is 192 Å². The second-order valence-corrected chi connectivity index (χ2v) is 8.13. The fourth-order valence-electron chi connectivity index (χ4n) is 3.07. The van der Waals surface area contributed by atoms with Gasteiger partial charge < -0.3 is 5.32 Å². The number of benzene rings is 2. The Morgan fingerprint density at radius 1 is 0.900 bits per heavy atom. The first-order valence-corrected chi connectivity index (χ1v) is 10.2. The molecule has 6 nitrogen and oxygen atoms in total. The summed E-state index contributed by atoms with van der Waals surface area (Å²) in [6.45, 7) is 0.728. The van der Waals surface area contributed by atoms with Gasteiger partial charge in [0.25, 0.3) is 11.8 Å². The third-order valence-electron chi connectivity index (χ3n) is 4.60. The Morgan fingerprint density at radius 3 is 1.87 bits per heavy atom. The Bertz CT molecular complexity index is 1030. The SMILES string of the molecule is CC(=O)C(Cc1ccccc1)NC(=O)CN1C(=O)c2c(Cl)c(Cl)c(Cl)c(Cl)c2C1=O. The Balaban J connectivity index is 1.79. The van der Waals surface area contributed by atoms with Gasteiger partial charge in [0, 0.05) is 0 Å². The Hall–Kier alpha value is -2.12. The van der Waals surface area contributed by atoms with Crippen molar-refractivity contribution in [1.29, 1.82) is 0 Å². The number of carbonyl (C=O) groups is 4. The number of rotatable bonds is 6. The minimum Gasteiger partial charge on any atom is -0.344 e. The average molecular weight is 488 g/mol. The fraction of sp³-hybridized carbons (Fsp3) is 0.200. The van der Waals surface area contributed by atoms with Crippen molar-refractivity contribution in [3.05, 3.63) is 67.1 Å². The summed E-state index contributed by atoms with van der Waals surface area (Å²) in [5.74, 6) is -2.60. The largest absolute Gasteiger partial charge is 0.344 e. The average Bonchev–Trinajstić information content (AvgIpc) is 2.95. The maximum Gasteiger partial charge on any atom is 0.263 e. The number of nitrogens with zero attached hydrogens (tertiary/aromatic N) is 1. The minimum atomic E-state index is -0.821. The first-order chi connectivity index (χ1) is 14.1. The van der Waals surface area contributed by atoms with Crippen LogP contribution < -0.4 is 5.32 Å². The molecule has 0 aromatic heterocycles. The molecule has 1 heterocycles. The second-order valence-electron chi connectivity index (χ2n) is 6.62. The lowest BCUT2D eigenvalue weighted by atomic mass is 10.0. The summed E-state index contributed by atoms with van der Waals surface area (Å²) in [6, 6.07) is 8.30. The van der Waals surface area contributed by atoms with Crippen molar-refractivity contribution >= 4 is 69.9 Å². The van der Waals surface area contributed by atoms with Crippen molar-refractivity contribution < 1.29 is 19.2 Å². The number of amides is 3. The Kier molecular flexibility index (Phi) is 6.72. The summed E-state index contributed by atoms with van der Waals surface area (Å²) in [7, 11) is 0. The highest BCUT2D eigenvalue weighted by Gasteiger charge is 2.42. The van der Waals surface area contributed by atoms with Crippen molar-refractivity contribution in [1.82, 2.24) is 10.2 Å². The topological polar surface area (TPSA) is 83.6 Å². The zero-order valence-corrected chi connectivity index (χ0v) is 18.5. The summed E-state index contributed by atoms with van der Waals surface area (Å²) in [5, 5.41) is 1.81. The van der Waals surface area contributed by atoms with Gasteiger partial charge in [0.05, 0.1) is 37.3 Å². The number of fused-ring (bicyclic) bond motifs is 1. The van der Waals surface area contributed by atoms with Gasteiger partial charge in [-0.3, -0.25) is 24.1 Å². The van der Waals surface area contributed by atoms with Crippen molar-refractivity contribution in [3.63, 3.8) is 0 Å². The van der Waals surface area contributed by atoms with Crippen LogP contribution >= 0.6 is 46.4 Å². The predicted molar refractivity (Wildman–Crippen MR) is 115 cm³/mol. The number of Topliss-reactive ketones (excluding diaryl/α,β-unsaturated/α-hetero) is 1. The van der Waals surface area contributed by atoms with E-state index in [1.165, 1.54) is 6.92 Å². The molecule has 1 aliphatic rings. The molecule has 1 atom stereocenters. The van der Waals surface area contributed by atoms with Gasteiger partial charge in [-0.25, -0.2) is 0 Å². The maximum atomic E-state index is 12.7. The zero-order valence-electron chi connectivity index (χ0n) is 15.5.